The van der Waals surface area contributed by atoms with E-state index >= 15 is 0 Å². The second kappa shape index (κ2) is 23.3. The fourth-order valence-electron chi connectivity index (χ4n) is 16.4. The van der Waals surface area contributed by atoms with Crippen molar-refractivity contribution in [2.45, 2.75) is 38.5 Å². The van der Waals surface area contributed by atoms with Crippen LogP contribution in [0.4, 0.5) is 0 Å². The minimum atomic E-state index is -0.193. The quantitative estimate of drug-likeness (QED) is 0.184. The Hall–Kier alpha value is -12.6. The molecule has 0 spiro atoms. The zero-order valence-corrected chi connectivity index (χ0v) is 58.4. The van der Waals surface area contributed by atoms with Crippen LogP contribution in [-0.2, 0) is 10.8 Å². The van der Waals surface area contributed by atoms with Crippen molar-refractivity contribution >= 4 is 125 Å². The summed E-state index contributed by atoms with van der Waals surface area (Å²) in [7, 11) is 0. The van der Waals surface area contributed by atoms with Crippen molar-refractivity contribution in [3.8, 4) is 73.2 Å². The molecule has 1 N–H and O–H groups in total. The number of benzene rings is 14. The van der Waals surface area contributed by atoms with E-state index in [1.54, 1.807) is 0 Å². The van der Waals surface area contributed by atoms with Gasteiger partial charge in [-0.05, 0) is 166 Å². The zero-order chi connectivity index (χ0) is 68.8. The van der Waals surface area contributed by atoms with Gasteiger partial charge in [0, 0.05) is 108 Å². The SMILES string of the molecule is Brc1ccc(-c2nc(-c3ccccc3)c3ccccc3n2)cc1.CC1(C)c2cc3[nH]c4ccccc4c3cc2-c2cc3c(cc21)oc1ccccc13.CC1(C)c2cc3oc4ccccc4c3cc2-c2cc3c4ccccc4n(-c4ccc(-c5nc(-c6ccccc6)c6ccccc6n5)cc4)c3cc21. The fourth-order valence-corrected chi connectivity index (χ4v) is 16.7. The maximum atomic E-state index is 6.35. The van der Waals surface area contributed by atoms with Gasteiger partial charge >= 0.3 is 0 Å². The molecule has 0 aliphatic heterocycles. The van der Waals surface area contributed by atoms with Gasteiger partial charge in [-0.25, -0.2) is 19.9 Å². The number of aromatic nitrogens is 6. The Morgan fingerprint density at radius 2 is 0.718 bits per heavy atom. The summed E-state index contributed by atoms with van der Waals surface area (Å²) < 4.78 is 16.0. The van der Waals surface area contributed by atoms with Crippen molar-refractivity contribution in [3.05, 3.63) is 330 Å². The first-order chi connectivity index (χ1) is 50.4. The number of aromatic amines is 1. The molecule has 0 atom stereocenters. The first kappa shape index (κ1) is 60.4. The van der Waals surface area contributed by atoms with Crippen molar-refractivity contribution in [1.82, 2.24) is 29.5 Å². The molecule has 0 bridgehead atoms. The molecule has 20 aromatic rings. The molecule has 6 aromatic heterocycles. The lowest BCUT2D eigenvalue weighted by atomic mass is 9.82. The summed E-state index contributed by atoms with van der Waals surface area (Å²) in [4.78, 5) is 23.3. The van der Waals surface area contributed by atoms with Crippen molar-refractivity contribution in [1.29, 1.82) is 0 Å². The van der Waals surface area contributed by atoms with Gasteiger partial charge in [-0.1, -0.05) is 226 Å². The van der Waals surface area contributed by atoms with Gasteiger partial charge in [0.15, 0.2) is 11.6 Å². The number of nitrogens with one attached hydrogen (secondary N) is 1. The van der Waals surface area contributed by atoms with Gasteiger partial charge in [0.25, 0.3) is 0 Å². The Balaban J connectivity index is 0.000000115. The number of halogens is 1. The minimum absolute atomic E-state index is 0.0662. The second-order valence-electron chi connectivity index (χ2n) is 28.2. The highest BCUT2D eigenvalue weighted by Crippen LogP contribution is 2.55. The van der Waals surface area contributed by atoms with E-state index in [0.717, 1.165) is 105 Å². The van der Waals surface area contributed by atoms with Gasteiger partial charge in [0.1, 0.15) is 22.3 Å². The molecular formula is C94H63BrN6O2. The monoisotopic (exact) mass is 1390 g/mol. The molecular weight excluding hydrogens is 1320 g/mol. The summed E-state index contributed by atoms with van der Waals surface area (Å²) in [6, 6.07) is 107. The van der Waals surface area contributed by atoms with Crippen molar-refractivity contribution in [2.75, 3.05) is 0 Å². The van der Waals surface area contributed by atoms with Crippen LogP contribution in [0.3, 0.4) is 0 Å². The van der Waals surface area contributed by atoms with Crippen LogP contribution in [0.1, 0.15) is 49.9 Å². The van der Waals surface area contributed by atoms with E-state index in [-0.39, 0.29) is 10.8 Å². The first-order valence-electron chi connectivity index (χ1n) is 35.0. The summed E-state index contributed by atoms with van der Waals surface area (Å²) in [6.45, 7) is 9.32. The Labute approximate surface area is 601 Å². The molecule has 9 heteroatoms. The smallest absolute Gasteiger partial charge is 0.160 e. The van der Waals surface area contributed by atoms with Crippen LogP contribution in [0.5, 0.6) is 0 Å². The second-order valence-corrected chi connectivity index (χ2v) is 29.1. The lowest BCUT2D eigenvalue weighted by Crippen LogP contribution is -2.15. The highest BCUT2D eigenvalue weighted by Gasteiger charge is 2.39. The number of fused-ring (bicyclic) bond motifs is 20. The molecule has 0 fully saturated rings. The maximum absolute atomic E-state index is 6.35. The summed E-state index contributed by atoms with van der Waals surface area (Å²) in [6.07, 6.45) is 0. The molecule has 103 heavy (non-hydrogen) atoms. The molecule has 8 nitrogen and oxygen atoms in total. The highest BCUT2D eigenvalue weighted by molar-refractivity contribution is 9.10. The van der Waals surface area contributed by atoms with E-state index in [1.807, 2.05) is 91.0 Å². The number of rotatable bonds is 5. The van der Waals surface area contributed by atoms with Gasteiger partial charge in [-0.3, -0.25) is 0 Å². The molecule has 2 aliphatic rings. The van der Waals surface area contributed by atoms with Crippen LogP contribution in [0.15, 0.2) is 317 Å². The standard InChI is InChI=1S/C47H31N3O.C27H19NO.C20H13BrN2/c1-47(2)38-26-42-36(24-34(38)35-25-37-32-15-8-11-19-43(32)51-44(37)27-39(35)47)31-14-7-10-18-41(31)50(42)30-22-20-29(21-23-30)46-48-40-17-9-6-16-33(40)45(49-46)28-12-4-3-5-13-28;1-27(2)21-13-24-19(15-7-3-5-9-23(15)28-24)11-17(21)18-12-20-16-8-4-6-10-25(16)29-26(20)14-22(18)27;21-16-12-10-15(11-13-16)20-22-18-9-5-4-8-17(18)19(23-20)14-6-2-1-3-7-14/h3-27H,1-2H3;3-14,28H,1-2H3;1-13H. The maximum Gasteiger partial charge on any atom is 0.160 e. The molecule has 22 rings (SSSR count). The molecule has 14 aromatic carbocycles. The number of hydrogen-bond acceptors (Lipinski definition) is 6. The van der Waals surface area contributed by atoms with Gasteiger partial charge in [0.05, 0.1) is 33.5 Å². The van der Waals surface area contributed by atoms with Gasteiger partial charge in [-0.2, -0.15) is 0 Å². The van der Waals surface area contributed by atoms with E-state index in [2.05, 4.69) is 265 Å². The molecule has 2 aliphatic carbocycles. The number of H-pyrrole nitrogens is 1. The third kappa shape index (κ3) is 9.71. The third-order valence-corrected chi connectivity index (χ3v) is 22.1. The van der Waals surface area contributed by atoms with Crippen molar-refractivity contribution in [3.63, 3.8) is 0 Å². The Morgan fingerprint density at radius 3 is 1.26 bits per heavy atom. The number of para-hydroxylation sites is 6. The minimum Gasteiger partial charge on any atom is -0.456 e. The van der Waals surface area contributed by atoms with Crippen LogP contribution in [-0.4, -0.2) is 29.5 Å². The van der Waals surface area contributed by atoms with Crippen LogP contribution in [0.25, 0.3) is 183 Å². The lowest BCUT2D eigenvalue weighted by Gasteiger charge is -2.21. The van der Waals surface area contributed by atoms with Gasteiger partial charge in [0.2, 0.25) is 0 Å². The lowest BCUT2D eigenvalue weighted by molar-refractivity contribution is 0.647. The van der Waals surface area contributed by atoms with Crippen molar-refractivity contribution in [2.24, 2.45) is 0 Å². The topological polar surface area (TPSA) is 98.6 Å². The zero-order valence-electron chi connectivity index (χ0n) is 56.8. The largest absolute Gasteiger partial charge is 0.456 e. The Kier molecular flexibility index (Phi) is 13.6. The molecule has 488 valence electrons. The number of nitrogens with zero attached hydrogens (tertiary/aromatic N) is 5. The summed E-state index contributed by atoms with van der Waals surface area (Å²) >= 11 is 3.47. The summed E-state index contributed by atoms with van der Waals surface area (Å²) in [5.41, 5.74) is 28.1. The van der Waals surface area contributed by atoms with E-state index in [0.29, 0.717) is 0 Å². The number of hydrogen-bond donors (Lipinski definition) is 1. The average Bonchev–Trinajstić information content (AvgIpc) is 1.55. The van der Waals surface area contributed by atoms with Crippen molar-refractivity contribution < 1.29 is 8.83 Å². The van der Waals surface area contributed by atoms with Crippen LogP contribution in [0.2, 0.25) is 0 Å². The average molecular weight is 1390 g/mol. The van der Waals surface area contributed by atoms with E-state index in [9.17, 15) is 0 Å². The van der Waals surface area contributed by atoms with E-state index in [4.69, 9.17) is 28.8 Å². The van der Waals surface area contributed by atoms with E-state index in [1.165, 1.54) is 104 Å². The molecule has 0 unspecified atom stereocenters. The molecule has 0 amide bonds. The van der Waals surface area contributed by atoms with Gasteiger partial charge in [-0.15, -0.1) is 0 Å². The first-order valence-corrected chi connectivity index (χ1v) is 35.8. The van der Waals surface area contributed by atoms with Crippen LogP contribution in [0, 0.1) is 0 Å². The Morgan fingerprint density at radius 1 is 0.301 bits per heavy atom. The number of furan rings is 2. The predicted molar refractivity (Wildman–Crippen MR) is 428 cm³/mol. The van der Waals surface area contributed by atoms with Gasteiger partial charge < -0.3 is 18.4 Å². The summed E-state index contributed by atoms with van der Waals surface area (Å²) in [5.74, 6) is 1.47. The normalized spacial score (nSPS) is 13.3. The Bertz CT molecular complexity index is 6740. The van der Waals surface area contributed by atoms with E-state index < -0.39 is 0 Å². The molecule has 6 heterocycles. The predicted octanol–water partition coefficient (Wildman–Crippen LogP) is 25.5. The fraction of sp³-hybridized carbons (Fsp3) is 0.0638. The van der Waals surface area contributed by atoms with Crippen LogP contribution >= 0.6 is 15.9 Å². The molecule has 0 radical (unpaired) electrons. The highest BCUT2D eigenvalue weighted by atomic mass is 79.9. The van der Waals surface area contributed by atoms with Crippen LogP contribution < -0.4 is 0 Å². The third-order valence-electron chi connectivity index (χ3n) is 21.6. The molecule has 0 saturated carbocycles. The summed E-state index contributed by atoms with van der Waals surface area (Å²) in [5, 5.41) is 11.9. The molecule has 0 saturated heterocycles.